The molecule has 0 bridgehead atoms. The van der Waals surface area contributed by atoms with Crippen LogP contribution in [0.4, 0.5) is 5.69 Å². The zero-order chi connectivity index (χ0) is 19.5. The Labute approximate surface area is 166 Å². The molecule has 0 aliphatic rings. The number of hydrogen-bond acceptors (Lipinski definition) is 4. The highest BCUT2D eigenvalue weighted by atomic mass is 32.2. The van der Waals surface area contributed by atoms with E-state index >= 15 is 0 Å². The molecule has 138 valence electrons. The number of aromatic carboxylic acids is 1. The van der Waals surface area contributed by atoms with E-state index in [2.05, 4.69) is 16.9 Å². The van der Waals surface area contributed by atoms with E-state index in [4.69, 9.17) is 0 Å². The molecule has 0 atom stereocenters. The van der Waals surface area contributed by atoms with Crippen molar-refractivity contribution in [3.05, 3.63) is 90.5 Å². The highest BCUT2D eigenvalue weighted by Gasteiger charge is 2.16. The molecule has 0 aliphatic heterocycles. The Morgan fingerprint density at radius 2 is 1.46 bits per heavy atom. The minimum absolute atomic E-state index is 0.110. The largest absolute Gasteiger partial charge is 0.506 e. The fourth-order valence-electron chi connectivity index (χ4n) is 3.08. The summed E-state index contributed by atoms with van der Waals surface area (Å²) in [4.78, 5) is 12.2. The summed E-state index contributed by atoms with van der Waals surface area (Å²) in [5.41, 5.74) is 3.01. The SMILES string of the molecule is O=C(O)c1cc(SNc2cccc(-c3ccccc3)c2)c2ccccc2c1O. The number of rotatable bonds is 5. The van der Waals surface area contributed by atoms with Crippen molar-refractivity contribution < 1.29 is 15.0 Å². The normalized spacial score (nSPS) is 10.7. The van der Waals surface area contributed by atoms with Crippen LogP contribution in [0.2, 0.25) is 0 Å². The summed E-state index contributed by atoms with van der Waals surface area (Å²) in [6.45, 7) is 0. The summed E-state index contributed by atoms with van der Waals surface area (Å²) >= 11 is 1.32. The molecule has 4 rings (SSSR count). The average Bonchev–Trinajstić information content (AvgIpc) is 2.74. The molecule has 0 saturated heterocycles. The van der Waals surface area contributed by atoms with E-state index in [1.807, 2.05) is 54.6 Å². The van der Waals surface area contributed by atoms with Crippen molar-refractivity contribution in [1.82, 2.24) is 0 Å². The number of fused-ring (bicyclic) bond motifs is 1. The Morgan fingerprint density at radius 3 is 2.21 bits per heavy atom. The van der Waals surface area contributed by atoms with Gasteiger partial charge in [0.25, 0.3) is 0 Å². The predicted molar refractivity (Wildman–Crippen MR) is 114 cm³/mol. The van der Waals surface area contributed by atoms with Gasteiger partial charge in [-0.15, -0.1) is 0 Å². The molecule has 0 radical (unpaired) electrons. The first-order valence-electron chi connectivity index (χ1n) is 8.70. The van der Waals surface area contributed by atoms with Crippen molar-refractivity contribution in [3.8, 4) is 16.9 Å². The van der Waals surface area contributed by atoms with Gasteiger partial charge in [0.05, 0.1) is 0 Å². The molecule has 5 heteroatoms. The van der Waals surface area contributed by atoms with Gasteiger partial charge in [0.1, 0.15) is 11.3 Å². The maximum atomic E-state index is 11.5. The molecule has 4 aromatic carbocycles. The molecule has 0 fully saturated rings. The van der Waals surface area contributed by atoms with Gasteiger partial charge >= 0.3 is 5.97 Å². The minimum atomic E-state index is -1.16. The Kier molecular flexibility index (Phi) is 4.91. The molecule has 0 aromatic heterocycles. The molecule has 3 N–H and O–H groups in total. The topological polar surface area (TPSA) is 69.6 Å². The van der Waals surface area contributed by atoms with E-state index in [9.17, 15) is 15.0 Å². The monoisotopic (exact) mass is 387 g/mol. The number of phenols is 1. The Hall–Kier alpha value is -3.44. The molecule has 0 unspecified atom stereocenters. The molecule has 0 saturated carbocycles. The van der Waals surface area contributed by atoms with Crippen LogP contribution in [0.5, 0.6) is 5.75 Å². The summed E-state index contributed by atoms with van der Waals surface area (Å²) in [7, 11) is 0. The first-order valence-corrected chi connectivity index (χ1v) is 9.51. The summed E-state index contributed by atoms with van der Waals surface area (Å²) in [5, 5.41) is 21.0. The second-order valence-corrected chi connectivity index (χ2v) is 7.12. The lowest BCUT2D eigenvalue weighted by atomic mass is 10.1. The van der Waals surface area contributed by atoms with Gasteiger partial charge in [-0.3, -0.25) is 0 Å². The van der Waals surface area contributed by atoms with Gasteiger partial charge in [-0.25, -0.2) is 4.79 Å². The lowest BCUT2D eigenvalue weighted by Crippen LogP contribution is -1.99. The summed E-state index contributed by atoms with van der Waals surface area (Å²) < 4.78 is 3.29. The number of carboxylic acid groups (broad SMARTS) is 1. The molecular formula is C23H17NO3S. The van der Waals surface area contributed by atoms with Gasteiger partial charge in [0.15, 0.2) is 0 Å². The number of nitrogens with one attached hydrogen (secondary N) is 1. The summed E-state index contributed by atoms with van der Waals surface area (Å²) in [6.07, 6.45) is 0. The van der Waals surface area contributed by atoms with Gasteiger partial charge in [0.2, 0.25) is 0 Å². The molecule has 0 aliphatic carbocycles. The second kappa shape index (κ2) is 7.66. The number of benzene rings is 4. The average molecular weight is 387 g/mol. The standard InChI is InChI=1S/C23H17NO3S/c25-22-19-12-5-4-11-18(19)21(14-20(22)23(26)27)28-24-17-10-6-9-16(13-17)15-7-2-1-3-8-15/h1-14,24-25H,(H,26,27). The van der Waals surface area contributed by atoms with Crippen molar-refractivity contribution in [2.45, 2.75) is 4.90 Å². The van der Waals surface area contributed by atoms with Crippen LogP contribution in [0, 0.1) is 0 Å². The highest BCUT2D eigenvalue weighted by molar-refractivity contribution is 8.00. The van der Waals surface area contributed by atoms with Gasteiger partial charge in [0, 0.05) is 21.4 Å². The zero-order valence-corrected chi connectivity index (χ0v) is 15.6. The Bertz CT molecular complexity index is 1160. The first-order chi connectivity index (χ1) is 13.6. The summed E-state index contributed by atoms with van der Waals surface area (Å²) in [5.74, 6) is -1.37. The number of aromatic hydroxyl groups is 1. The van der Waals surface area contributed by atoms with Gasteiger partial charge < -0.3 is 14.9 Å². The van der Waals surface area contributed by atoms with E-state index in [1.165, 1.54) is 18.0 Å². The quantitative estimate of drug-likeness (QED) is 0.365. The Morgan fingerprint density at radius 1 is 0.786 bits per heavy atom. The van der Waals surface area contributed by atoms with E-state index < -0.39 is 5.97 Å². The van der Waals surface area contributed by atoms with Crippen LogP contribution in [0.3, 0.4) is 0 Å². The molecule has 0 heterocycles. The van der Waals surface area contributed by atoms with Crippen molar-refractivity contribution in [2.24, 2.45) is 0 Å². The second-order valence-electron chi connectivity index (χ2n) is 6.27. The van der Waals surface area contributed by atoms with Crippen LogP contribution in [0.1, 0.15) is 10.4 Å². The van der Waals surface area contributed by atoms with E-state index in [1.54, 1.807) is 12.1 Å². The molecule has 0 spiro atoms. The van der Waals surface area contributed by atoms with E-state index in [-0.39, 0.29) is 11.3 Å². The maximum Gasteiger partial charge on any atom is 0.339 e. The first kappa shape index (κ1) is 17.9. The van der Waals surface area contributed by atoms with Crippen LogP contribution >= 0.6 is 11.9 Å². The molecule has 4 aromatic rings. The lowest BCUT2D eigenvalue weighted by Gasteiger charge is -2.12. The van der Waals surface area contributed by atoms with Crippen molar-refractivity contribution in [1.29, 1.82) is 0 Å². The highest BCUT2D eigenvalue weighted by Crippen LogP contribution is 2.37. The lowest BCUT2D eigenvalue weighted by molar-refractivity contribution is 0.0694. The van der Waals surface area contributed by atoms with Crippen LogP contribution in [-0.2, 0) is 0 Å². The maximum absolute atomic E-state index is 11.5. The van der Waals surface area contributed by atoms with Gasteiger partial charge in [-0.2, -0.15) is 0 Å². The van der Waals surface area contributed by atoms with Crippen molar-refractivity contribution in [2.75, 3.05) is 4.72 Å². The summed E-state index contributed by atoms with van der Waals surface area (Å²) in [6, 6.07) is 26.8. The van der Waals surface area contributed by atoms with E-state index in [0.29, 0.717) is 5.39 Å². The third-order valence-electron chi connectivity index (χ3n) is 4.46. The van der Waals surface area contributed by atoms with E-state index in [0.717, 1.165) is 27.1 Å². The van der Waals surface area contributed by atoms with Crippen molar-refractivity contribution >= 4 is 34.4 Å². The molecular weight excluding hydrogens is 370 g/mol. The van der Waals surface area contributed by atoms with Gasteiger partial charge in [-0.1, -0.05) is 66.7 Å². The Balaban J connectivity index is 1.66. The molecule has 28 heavy (non-hydrogen) atoms. The molecule has 0 amide bonds. The number of carboxylic acids is 1. The van der Waals surface area contributed by atoms with Crippen LogP contribution in [-0.4, -0.2) is 16.2 Å². The third-order valence-corrected chi connectivity index (χ3v) is 5.35. The minimum Gasteiger partial charge on any atom is -0.506 e. The number of hydrogen-bond donors (Lipinski definition) is 3. The van der Waals surface area contributed by atoms with Gasteiger partial charge in [-0.05, 0) is 41.3 Å². The fourth-order valence-corrected chi connectivity index (χ4v) is 3.90. The number of anilines is 1. The molecule has 4 nitrogen and oxygen atoms in total. The third kappa shape index (κ3) is 3.52. The van der Waals surface area contributed by atoms with Crippen molar-refractivity contribution in [3.63, 3.8) is 0 Å². The van der Waals surface area contributed by atoms with Crippen LogP contribution in [0.15, 0.2) is 89.8 Å². The smallest absolute Gasteiger partial charge is 0.339 e. The fraction of sp³-hybridized carbons (Fsp3) is 0. The van der Waals surface area contributed by atoms with Crippen LogP contribution < -0.4 is 4.72 Å². The predicted octanol–water partition coefficient (Wildman–Crippen LogP) is 6.03. The zero-order valence-electron chi connectivity index (χ0n) is 14.8. The number of carbonyl (C=O) groups is 1. The van der Waals surface area contributed by atoms with Crippen LogP contribution in [0.25, 0.3) is 21.9 Å².